The molecule has 0 bridgehead atoms. The first-order valence-corrected chi connectivity index (χ1v) is 15.3. The van der Waals surface area contributed by atoms with Gasteiger partial charge in [-0.05, 0) is 93.7 Å². The van der Waals surface area contributed by atoms with Gasteiger partial charge in [-0.2, -0.15) is 0 Å². The average Bonchev–Trinajstić information content (AvgIpc) is 2.98. The van der Waals surface area contributed by atoms with E-state index in [4.69, 9.17) is 25.8 Å². The number of aryl methyl sites for hydroxylation is 2. The van der Waals surface area contributed by atoms with Crippen molar-refractivity contribution in [3.05, 3.63) is 82.8 Å². The highest BCUT2D eigenvalue weighted by Crippen LogP contribution is 2.38. The van der Waals surface area contributed by atoms with Gasteiger partial charge in [0.15, 0.2) is 0 Å². The number of pyridine rings is 1. The maximum absolute atomic E-state index is 14.0. The Morgan fingerprint density at radius 2 is 1.82 bits per heavy atom. The minimum atomic E-state index is -0.609. The van der Waals surface area contributed by atoms with Gasteiger partial charge >= 0.3 is 6.03 Å². The van der Waals surface area contributed by atoms with Crippen LogP contribution in [0.3, 0.4) is 0 Å². The molecule has 2 aliphatic heterocycles. The van der Waals surface area contributed by atoms with Crippen LogP contribution in [0.5, 0.6) is 17.2 Å². The summed E-state index contributed by atoms with van der Waals surface area (Å²) in [4.78, 5) is 19.5. The molecule has 6 rings (SSSR count). The Bertz CT molecular complexity index is 1670. The Morgan fingerprint density at radius 1 is 1.02 bits per heavy atom. The second-order valence-corrected chi connectivity index (χ2v) is 12.2. The predicted molar refractivity (Wildman–Crippen MR) is 171 cm³/mol. The number of hydrogen-bond donors (Lipinski definition) is 2. The molecule has 3 heterocycles. The monoisotopic (exact) mass is 618 g/mol. The molecule has 2 aliphatic rings. The Labute approximate surface area is 261 Å². The number of halogens is 2. The summed E-state index contributed by atoms with van der Waals surface area (Å²) in [7, 11) is 0. The van der Waals surface area contributed by atoms with Crippen molar-refractivity contribution in [2.45, 2.75) is 33.1 Å². The third-order valence-electron chi connectivity index (χ3n) is 8.39. The van der Waals surface area contributed by atoms with Crippen LogP contribution >= 0.6 is 11.6 Å². The topological polar surface area (TPSA) is 85.0 Å². The van der Waals surface area contributed by atoms with Crippen LogP contribution in [0.4, 0.5) is 20.6 Å². The summed E-state index contributed by atoms with van der Waals surface area (Å²) in [5.74, 6) is 1.40. The summed E-state index contributed by atoms with van der Waals surface area (Å²) in [5.41, 5.74) is 3.48. The summed E-state index contributed by atoms with van der Waals surface area (Å²) in [6, 6.07) is 14.6. The van der Waals surface area contributed by atoms with Crippen molar-refractivity contribution in [1.29, 1.82) is 0 Å². The van der Waals surface area contributed by atoms with Crippen LogP contribution in [0.15, 0.2) is 60.8 Å². The van der Waals surface area contributed by atoms with Gasteiger partial charge in [0.05, 0.1) is 41.7 Å². The molecule has 8 nitrogen and oxygen atoms in total. The van der Waals surface area contributed by atoms with Gasteiger partial charge in [0, 0.05) is 35.7 Å². The summed E-state index contributed by atoms with van der Waals surface area (Å²) < 4.78 is 31.8. The fraction of sp³-hybridized carbons (Fsp3) is 0.353. The van der Waals surface area contributed by atoms with Crippen LogP contribution in [0.1, 0.15) is 30.4 Å². The summed E-state index contributed by atoms with van der Waals surface area (Å²) in [6.07, 6.45) is 5.12. The van der Waals surface area contributed by atoms with Crippen LogP contribution < -0.4 is 20.1 Å². The number of likely N-dealkylation sites (tertiary alicyclic amines) is 1. The number of nitrogens with one attached hydrogen (secondary N) is 2. The standard InChI is InChI=1S/C34H36ClFN4O4/c1-22-4-6-27(36)30(16-22)39-33(41)38-28-7-5-24(18-26(28)35)44-31-8-11-37-29-19-32(23(2)17-25(29)31)43-15-3-12-40-13-9-34(10-14-40)20-42-21-34/h4-8,11,16-19H,3,9-10,12-15,20-21H2,1-2H3,(H2,38,39,41). The molecule has 3 aromatic carbocycles. The second-order valence-electron chi connectivity index (χ2n) is 11.8. The highest BCUT2D eigenvalue weighted by atomic mass is 35.5. The SMILES string of the molecule is Cc1ccc(F)c(NC(=O)Nc2ccc(Oc3ccnc4cc(OCCCN5CCC6(CC5)COC6)c(C)cc34)cc2Cl)c1. The number of urea groups is 1. The minimum Gasteiger partial charge on any atom is -0.493 e. The Kier molecular flexibility index (Phi) is 8.88. The van der Waals surface area contributed by atoms with E-state index in [9.17, 15) is 9.18 Å². The number of rotatable bonds is 9. The first-order chi connectivity index (χ1) is 21.3. The number of anilines is 2. The highest BCUT2D eigenvalue weighted by Gasteiger charge is 2.40. The van der Waals surface area contributed by atoms with Crippen molar-refractivity contribution in [3.63, 3.8) is 0 Å². The van der Waals surface area contributed by atoms with Crippen molar-refractivity contribution in [3.8, 4) is 17.2 Å². The van der Waals surface area contributed by atoms with Crippen molar-refractivity contribution >= 4 is 39.9 Å². The minimum absolute atomic E-state index is 0.0854. The van der Waals surface area contributed by atoms with E-state index in [1.807, 2.05) is 26.0 Å². The molecule has 1 spiro atoms. The molecular weight excluding hydrogens is 583 g/mol. The fourth-order valence-electron chi connectivity index (χ4n) is 5.70. The molecule has 230 valence electrons. The fourth-order valence-corrected chi connectivity index (χ4v) is 5.92. The molecule has 2 saturated heterocycles. The van der Waals surface area contributed by atoms with E-state index in [0.717, 1.165) is 67.0 Å². The number of ether oxygens (including phenoxy) is 3. The summed E-state index contributed by atoms with van der Waals surface area (Å²) >= 11 is 6.46. The lowest BCUT2D eigenvalue weighted by Crippen LogP contribution is -2.51. The second kappa shape index (κ2) is 13.0. The van der Waals surface area contributed by atoms with Crippen LogP contribution in [0.25, 0.3) is 10.9 Å². The Hall–Kier alpha value is -3.92. The molecule has 2 fully saturated rings. The molecule has 2 amide bonds. The molecule has 0 atom stereocenters. The molecule has 2 N–H and O–H groups in total. The smallest absolute Gasteiger partial charge is 0.323 e. The number of carbonyl (C=O) groups is 1. The average molecular weight is 619 g/mol. The van der Waals surface area contributed by atoms with E-state index in [0.29, 0.717) is 29.2 Å². The normalized spacial score (nSPS) is 16.0. The van der Waals surface area contributed by atoms with Crippen molar-refractivity contribution in [2.75, 3.05) is 50.1 Å². The summed E-state index contributed by atoms with van der Waals surface area (Å²) in [6.45, 7) is 9.65. The van der Waals surface area contributed by atoms with Crippen LogP contribution in [0.2, 0.25) is 5.02 Å². The van der Waals surface area contributed by atoms with Gasteiger partial charge in [-0.1, -0.05) is 17.7 Å². The van der Waals surface area contributed by atoms with E-state index >= 15 is 0 Å². The van der Waals surface area contributed by atoms with Gasteiger partial charge in [0.1, 0.15) is 23.1 Å². The van der Waals surface area contributed by atoms with Crippen LogP contribution in [0, 0.1) is 25.1 Å². The summed E-state index contributed by atoms with van der Waals surface area (Å²) in [5, 5.41) is 6.28. The van der Waals surface area contributed by atoms with Gasteiger partial charge < -0.3 is 29.7 Å². The van der Waals surface area contributed by atoms with E-state index in [1.54, 1.807) is 42.6 Å². The van der Waals surface area contributed by atoms with Gasteiger partial charge in [-0.25, -0.2) is 9.18 Å². The number of hydrogen-bond acceptors (Lipinski definition) is 6. The lowest BCUT2D eigenvalue weighted by atomic mass is 9.77. The first kappa shape index (κ1) is 30.1. The van der Waals surface area contributed by atoms with E-state index in [1.165, 1.54) is 18.9 Å². The lowest BCUT2D eigenvalue weighted by Gasteiger charge is -2.47. The number of nitrogens with zero attached hydrogens (tertiary/aromatic N) is 2. The van der Waals surface area contributed by atoms with Gasteiger partial charge in [0.25, 0.3) is 0 Å². The van der Waals surface area contributed by atoms with Crippen molar-refractivity contribution in [1.82, 2.24) is 9.88 Å². The zero-order valence-electron chi connectivity index (χ0n) is 24.9. The maximum Gasteiger partial charge on any atom is 0.323 e. The first-order valence-electron chi connectivity index (χ1n) is 14.9. The Morgan fingerprint density at radius 3 is 2.57 bits per heavy atom. The zero-order chi connectivity index (χ0) is 30.7. The number of carbonyl (C=O) groups excluding carboxylic acids is 1. The van der Waals surface area contributed by atoms with E-state index < -0.39 is 11.8 Å². The van der Waals surface area contributed by atoms with Crippen molar-refractivity contribution in [2.24, 2.45) is 5.41 Å². The molecule has 10 heteroatoms. The molecule has 44 heavy (non-hydrogen) atoms. The number of fused-ring (bicyclic) bond motifs is 1. The van der Waals surface area contributed by atoms with Crippen LogP contribution in [-0.2, 0) is 4.74 Å². The predicted octanol–water partition coefficient (Wildman–Crippen LogP) is 7.96. The quantitative estimate of drug-likeness (QED) is 0.185. The third kappa shape index (κ3) is 6.90. The molecule has 0 radical (unpaired) electrons. The number of piperidine rings is 1. The largest absolute Gasteiger partial charge is 0.493 e. The number of aromatic nitrogens is 1. The van der Waals surface area contributed by atoms with Crippen molar-refractivity contribution < 1.29 is 23.4 Å². The molecule has 0 aliphatic carbocycles. The van der Waals surface area contributed by atoms with Gasteiger partial charge in [-0.3, -0.25) is 4.98 Å². The molecule has 0 unspecified atom stereocenters. The molecule has 1 aromatic heterocycles. The number of benzene rings is 3. The highest BCUT2D eigenvalue weighted by molar-refractivity contribution is 6.34. The Balaban J connectivity index is 1.05. The molecule has 0 saturated carbocycles. The van der Waals surface area contributed by atoms with Gasteiger partial charge in [-0.15, -0.1) is 0 Å². The van der Waals surface area contributed by atoms with E-state index in [2.05, 4.69) is 20.5 Å². The zero-order valence-corrected chi connectivity index (χ0v) is 25.7. The third-order valence-corrected chi connectivity index (χ3v) is 8.71. The van der Waals surface area contributed by atoms with Crippen LogP contribution in [-0.4, -0.2) is 55.4 Å². The van der Waals surface area contributed by atoms with Gasteiger partial charge in [0.2, 0.25) is 0 Å². The maximum atomic E-state index is 14.0. The lowest BCUT2D eigenvalue weighted by molar-refractivity contribution is -0.139. The number of amides is 2. The molecule has 4 aromatic rings. The molecular formula is C34H36ClFN4O4. The van der Waals surface area contributed by atoms with E-state index in [-0.39, 0.29) is 10.7 Å².